The number of H-pyrrole nitrogens is 1. The second kappa shape index (κ2) is 5.81. The Morgan fingerprint density at radius 2 is 1.79 bits per heavy atom. The molecule has 4 aromatic rings. The van der Waals surface area contributed by atoms with Gasteiger partial charge in [0.1, 0.15) is 17.2 Å². The lowest BCUT2D eigenvalue weighted by atomic mass is 10.0. The molecule has 2 aromatic heterocycles. The average molecular weight is 318 g/mol. The van der Waals surface area contributed by atoms with Gasteiger partial charge < -0.3 is 9.72 Å². The number of nitrogens with zero attached hydrogens (tertiary/aromatic N) is 1. The standard InChI is InChI=1S/C20H15FN2O/c1-24-19-8-7-14(21)11-16(19)15-9-10-22-20-17(15)12-18(23-20)13-5-3-2-4-6-13/h2-12H,1H3,(H,22,23). The summed E-state index contributed by atoms with van der Waals surface area (Å²) in [7, 11) is 1.58. The third-order valence-electron chi connectivity index (χ3n) is 4.07. The molecule has 0 radical (unpaired) electrons. The van der Waals surface area contributed by atoms with Crippen LogP contribution in [0, 0.1) is 5.82 Å². The number of pyridine rings is 1. The number of ether oxygens (including phenoxy) is 1. The zero-order valence-corrected chi connectivity index (χ0v) is 13.1. The van der Waals surface area contributed by atoms with Crippen molar-refractivity contribution >= 4 is 11.0 Å². The topological polar surface area (TPSA) is 37.9 Å². The number of benzene rings is 2. The van der Waals surface area contributed by atoms with Crippen molar-refractivity contribution in [2.45, 2.75) is 0 Å². The fourth-order valence-electron chi connectivity index (χ4n) is 2.93. The predicted molar refractivity (Wildman–Crippen MR) is 93.5 cm³/mol. The summed E-state index contributed by atoms with van der Waals surface area (Å²) in [4.78, 5) is 7.73. The van der Waals surface area contributed by atoms with E-state index in [9.17, 15) is 4.39 Å². The first-order chi connectivity index (χ1) is 11.8. The number of aromatic amines is 1. The van der Waals surface area contributed by atoms with E-state index in [-0.39, 0.29) is 5.82 Å². The van der Waals surface area contributed by atoms with Gasteiger partial charge in [0.15, 0.2) is 0 Å². The lowest BCUT2D eigenvalue weighted by Gasteiger charge is -2.09. The molecule has 3 nitrogen and oxygen atoms in total. The number of rotatable bonds is 3. The number of aromatic nitrogens is 2. The van der Waals surface area contributed by atoms with Crippen molar-refractivity contribution < 1.29 is 9.13 Å². The van der Waals surface area contributed by atoms with Gasteiger partial charge in [0, 0.05) is 22.8 Å². The second-order valence-corrected chi connectivity index (χ2v) is 5.51. The predicted octanol–water partition coefficient (Wildman–Crippen LogP) is 5.04. The smallest absolute Gasteiger partial charge is 0.138 e. The molecular formula is C20H15FN2O. The van der Waals surface area contributed by atoms with E-state index in [0.717, 1.165) is 27.9 Å². The number of nitrogens with one attached hydrogen (secondary N) is 1. The maximum atomic E-state index is 13.8. The Labute approximate surface area is 138 Å². The van der Waals surface area contributed by atoms with Crippen LogP contribution < -0.4 is 4.74 Å². The van der Waals surface area contributed by atoms with E-state index in [0.29, 0.717) is 11.3 Å². The molecule has 0 spiro atoms. The number of hydrogen-bond donors (Lipinski definition) is 1. The third-order valence-corrected chi connectivity index (χ3v) is 4.07. The third kappa shape index (κ3) is 2.42. The van der Waals surface area contributed by atoms with Crippen molar-refractivity contribution in [1.29, 1.82) is 0 Å². The molecule has 0 amide bonds. The van der Waals surface area contributed by atoms with Crippen molar-refractivity contribution in [2.75, 3.05) is 7.11 Å². The fourth-order valence-corrected chi connectivity index (χ4v) is 2.93. The van der Waals surface area contributed by atoms with Gasteiger partial charge in [-0.25, -0.2) is 9.37 Å². The monoisotopic (exact) mass is 318 g/mol. The lowest BCUT2D eigenvalue weighted by molar-refractivity contribution is 0.415. The Hall–Kier alpha value is -3.14. The van der Waals surface area contributed by atoms with Gasteiger partial charge in [0.05, 0.1) is 7.11 Å². The van der Waals surface area contributed by atoms with E-state index in [4.69, 9.17) is 4.74 Å². The van der Waals surface area contributed by atoms with Gasteiger partial charge in [-0.1, -0.05) is 30.3 Å². The molecule has 2 aromatic carbocycles. The van der Waals surface area contributed by atoms with Gasteiger partial charge in [-0.05, 0) is 41.5 Å². The summed E-state index contributed by atoms with van der Waals surface area (Å²) in [6.07, 6.45) is 1.72. The number of fused-ring (bicyclic) bond motifs is 1. The molecule has 118 valence electrons. The molecule has 24 heavy (non-hydrogen) atoms. The molecule has 0 bridgehead atoms. The summed E-state index contributed by atoms with van der Waals surface area (Å²) in [5.74, 6) is 0.334. The summed E-state index contributed by atoms with van der Waals surface area (Å²) in [6, 6.07) is 18.5. The van der Waals surface area contributed by atoms with Crippen LogP contribution in [0.4, 0.5) is 4.39 Å². The molecule has 0 aliphatic rings. The Morgan fingerprint density at radius 3 is 2.58 bits per heavy atom. The average Bonchev–Trinajstić information content (AvgIpc) is 3.06. The van der Waals surface area contributed by atoms with Gasteiger partial charge in [-0.15, -0.1) is 0 Å². The van der Waals surface area contributed by atoms with E-state index in [1.165, 1.54) is 12.1 Å². The van der Waals surface area contributed by atoms with Crippen molar-refractivity contribution in [2.24, 2.45) is 0 Å². The second-order valence-electron chi connectivity index (χ2n) is 5.51. The van der Waals surface area contributed by atoms with Gasteiger partial charge in [0.2, 0.25) is 0 Å². The zero-order chi connectivity index (χ0) is 16.5. The van der Waals surface area contributed by atoms with Crippen LogP contribution in [-0.4, -0.2) is 17.1 Å². The van der Waals surface area contributed by atoms with Crippen LogP contribution in [0.5, 0.6) is 5.75 Å². The van der Waals surface area contributed by atoms with Crippen molar-refractivity contribution in [1.82, 2.24) is 9.97 Å². The normalized spacial score (nSPS) is 10.9. The molecule has 0 aliphatic heterocycles. The molecule has 0 aliphatic carbocycles. The van der Waals surface area contributed by atoms with E-state index in [1.807, 2.05) is 42.5 Å². The molecule has 2 heterocycles. The van der Waals surface area contributed by atoms with Crippen LogP contribution in [0.2, 0.25) is 0 Å². The Morgan fingerprint density at radius 1 is 0.958 bits per heavy atom. The van der Waals surface area contributed by atoms with E-state index >= 15 is 0 Å². The minimum absolute atomic E-state index is 0.297. The van der Waals surface area contributed by atoms with Crippen LogP contribution in [-0.2, 0) is 0 Å². The highest BCUT2D eigenvalue weighted by Gasteiger charge is 2.13. The molecule has 4 heteroatoms. The van der Waals surface area contributed by atoms with Crippen LogP contribution in [0.1, 0.15) is 0 Å². The minimum atomic E-state index is -0.297. The minimum Gasteiger partial charge on any atom is -0.496 e. The molecule has 0 saturated carbocycles. The van der Waals surface area contributed by atoms with Crippen molar-refractivity contribution in [3.63, 3.8) is 0 Å². The summed E-state index contributed by atoms with van der Waals surface area (Å²) >= 11 is 0. The maximum absolute atomic E-state index is 13.8. The SMILES string of the molecule is COc1ccc(F)cc1-c1ccnc2[nH]c(-c3ccccc3)cc12. The van der Waals surface area contributed by atoms with E-state index in [2.05, 4.69) is 9.97 Å². The first kappa shape index (κ1) is 14.5. The molecule has 0 fully saturated rings. The van der Waals surface area contributed by atoms with Crippen LogP contribution in [0.25, 0.3) is 33.4 Å². The van der Waals surface area contributed by atoms with Gasteiger partial charge in [-0.3, -0.25) is 0 Å². The maximum Gasteiger partial charge on any atom is 0.138 e. The van der Waals surface area contributed by atoms with Crippen LogP contribution in [0.15, 0.2) is 66.9 Å². The van der Waals surface area contributed by atoms with E-state index in [1.54, 1.807) is 19.4 Å². The first-order valence-corrected chi connectivity index (χ1v) is 7.63. The Kier molecular flexibility index (Phi) is 3.50. The molecule has 1 N–H and O–H groups in total. The fraction of sp³-hybridized carbons (Fsp3) is 0.0500. The Balaban J connectivity index is 1.94. The number of methoxy groups -OCH3 is 1. The highest BCUT2D eigenvalue weighted by atomic mass is 19.1. The first-order valence-electron chi connectivity index (χ1n) is 7.63. The largest absolute Gasteiger partial charge is 0.496 e. The summed E-state index contributed by atoms with van der Waals surface area (Å²) in [6.45, 7) is 0. The lowest BCUT2D eigenvalue weighted by Crippen LogP contribution is -1.90. The molecular weight excluding hydrogens is 303 g/mol. The quantitative estimate of drug-likeness (QED) is 0.574. The van der Waals surface area contributed by atoms with E-state index < -0.39 is 0 Å². The van der Waals surface area contributed by atoms with Crippen molar-refractivity contribution in [3.8, 4) is 28.1 Å². The summed E-state index contributed by atoms with van der Waals surface area (Å²) in [5, 5.41) is 0.931. The highest BCUT2D eigenvalue weighted by Crippen LogP contribution is 2.36. The number of halogens is 1. The zero-order valence-electron chi connectivity index (χ0n) is 13.1. The molecule has 0 unspecified atom stereocenters. The van der Waals surface area contributed by atoms with Gasteiger partial charge in [-0.2, -0.15) is 0 Å². The summed E-state index contributed by atoms with van der Waals surface area (Å²) in [5.41, 5.74) is 4.41. The van der Waals surface area contributed by atoms with Crippen LogP contribution >= 0.6 is 0 Å². The van der Waals surface area contributed by atoms with Crippen molar-refractivity contribution in [3.05, 3.63) is 72.7 Å². The molecule has 0 saturated heterocycles. The Bertz CT molecular complexity index is 1010. The molecule has 4 rings (SSSR count). The van der Waals surface area contributed by atoms with Gasteiger partial charge >= 0.3 is 0 Å². The number of hydrogen-bond acceptors (Lipinski definition) is 2. The van der Waals surface area contributed by atoms with Crippen LogP contribution in [0.3, 0.4) is 0 Å². The highest BCUT2D eigenvalue weighted by molar-refractivity contribution is 5.97. The molecule has 0 atom stereocenters. The van der Waals surface area contributed by atoms with Gasteiger partial charge in [0.25, 0.3) is 0 Å². The summed E-state index contributed by atoms with van der Waals surface area (Å²) < 4.78 is 19.2.